The summed E-state index contributed by atoms with van der Waals surface area (Å²) in [5, 5.41) is 3.23. The predicted octanol–water partition coefficient (Wildman–Crippen LogP) is 1.12. The second-order valence-electron chi connectivity index (χ2n) is 4.44. The lowest BCUT2D eigenvalue weighted by Crippen LogP contribution is -2.34. The Labute approximate surface area is 97.4 Å². The van der Waals surface area contributed by atoms with Crippen LogP contribution in [0.1, 0.15) is 29.5 Å². The molecule has 3 nitrogen and oxygen atoms in total. The smallest absolute Gasteiger partial charge is 0.0587 e. The molecule has 1 aliphatic rings. The lowest BCUT2D eigenvalue weighted by Gasteiger charge is -2.16. The first-order valence-electron chi connectivity index (χ1n) is 6.15. The second-order valence-corrected chi connectivity index (χ2v) is 4.44. The molecule has 0 heterocycles. The minimum atomic E-state index is 0.672. The molecule has 0 bridgehead atoms. The summed E-state index contributed by atoms with van der Waals surface area (Å²) in [6, 6.07) is 6.96. The molecule has 4 N–H and O–H groups in total. The van der Waals surface area contributed by atoms with Crippen molar-refractivity contribution in [2.24, 2.45) is 5.84 Å². The molecule has 0 fully saturated rings. The molecule has 88 valence electrons. The van der Waals surface area contributed by atoms with Crippen molar-refractivity contribution in [2.45, 2.75) is 32.1 Å². The summed E-state index contributed by atoms with van der Waals surface area (Å²) < 4.78 is 0. The third-order valence-corrected chi connectivity index (χ3v) is 3.23. The number of aryl methyl sites for hydroxylation is 2. The molecule has 1 aromatic rings. The molecule has 1 aliphatic carbocycles. The Morgan fingerprint density at radius 1 is 1.12 bits per heavy atom. The molecule has 3 heteroatoms. The number of fused-ring (bicyclic) bond motifs is 1. The third kappa shape index (κ3) is 3.04. The molecule has 0 atom stereocenters. The van der Waals surface area contributed by atoms with E-state index >= 15 is 0 Å². The molecular weight excluding hydrogens is 198 g/mol. The van der Waals surface area contributed by atoms with E-state index in [1.54, 1.807) is 11.1 Å². The maximum absolute atomic E-state index is 5.19. The maximum atomic E-state index is 5.19. The van der Waals surface area contributed by atoms with Gasteiger partial charge in [0.2, 0.25) is 0 Å². The van der Waals surface area contributed by atoms with Crippen molar-refractivity contribution >= 4 is 0 Å². The van der Waals surface area contributed by atoms with Gasteiger partial charge in [0.1, 0.15) is 0 Å². The Morgan fingerprint density at radius 2 is 1.94 bits per heavy atom. The number of hydrogen-bond acceptors (Lipinski definition) is 3. The van der Waals surface area contributed by atoms with Crippen LogP contribution in [-0.2, 0) is 19.3 Å². The standard InChI is InChI=1S/C13H21N3/c14-16-10-15-8-7-11-5-6-12-3-1-2-4-13(12)9-11/h5-6,9,15-16H,1-4,7-8,10,14H2. The fourth-order valence-electron chi connectivity index (χ4n) is 2.34. The van der Waals surface area contributed by atoms with Crippen LogP contribution in [0.4, 0.5) is 0 Å². The summed E-state index contributed by atoms with van der Waals surface area (Å²) in [5.74, 6) is 5.19. The third-order valence-electron chi connectivity index (χ3n) is 3.23. The van der Waals surface area contributed by atoms with Crippen molar-refractivity contribution in [1.29, 1.82) is 0 Å². The van der Waals surface area contributed by atoms with Gasteiger partial charge in [0.05, 0.1) is 6.67 Å². The molecule has 0 aromatic heterocycles. The van der Waals surface area contributed by atoms with Gasteiger partial charge < -0.3 is 5.32 Å². The molecule has 1 aromatic carbocycles. The van der Waals surface area contributed by atoms with E-state index in [2.05, 4.69) is 28.9 Å². The lowest BCUT2D eigenvalue weighted by molar-refractivity contribution is 0.601. The van der Waals surface area contributed by atoms with E-state index in [0.717, 1.165) is 13.0 Å². The van der Waals surface area contributed by atoms with Gasteiger partial charge in [0, 0.05) is 6.54 Å². The predicted molar refractivity (Wildman–Crippen MR) is 67.0 cm³/mol. The second kappa shape index (κ2) is 5.99. The van der Waals surface area contributed by atoms with Crippen molar-refractivity contribution in [3.05, 3.63) is 34.9 Å². The van der Waals surface area contributed by atoms with Crippen molar-refractivity contribution < 1.29 is 0 Å². The Kier molecular flexibility index (Phi) is 4.34. The summed E-state index contributed by atoms with van der Waals surface area (Å²) in [4.78, 5) is 0. The van der Waals surface area contributed by atoms with E-state index in [1.165, 1.54) is 31.2 Å². The van der Waals surface area contributed by atoms with Crippen molar-refractivity contribution in [3.63, 3.8) is 0 Å². The minimum absolute atomic E-state index is 0.672. The largest absolute Gasteiger partial charge is 0.303 e. The van der Waals surface area contributed by atoms with Gasteiger partial charge in [-0.25, -0.2) is 5.43 Å². The van der Waals surface area contributed by atoms with Gasteiger partial charge in [-0.3, -0.25) is 5.84 Å². The first-order chi connectivity index (χ1) is 7.90. The number of hydrogen-bond donors (Lipinski definition) is 3. The highest BCUT2D eigenvalue weighted by Crippen LogP contribution is 2.22. The van der Waals surface area contributed by atoms with E-state index in [-0.39, 0.29) is 0 Å². The van der Waals surface area contributed by atoms with Crippen molar-refractivity contribution in [3.8, 4) is 0 Å². The minimum Gasteiger partial charge on any atom is -0.303 e. The van der Waals surface area contributed by atoms with Gasteiger partial charge in [-0.1, -0.05) is 18.2 Å². The summed E-state index contributed by atoms with van der Waals surface area (Å²) in [6.45, 7) is 1.65. The number of hydrazine groups is 1. The molecule has 0 unspecified atom stereocenters. The van der Waals surface area contributed by atoms with E-state index in [1.807, 2.05) is 0 Å². The van der Waals surface area contributed by atoms with Gasteiger partial charge in [0.25, 0.3) is 0 Å². The summed E-state index contributed by atoms with van der Waals surface area (Å²) in [5.41, 5.74) is 7.16. The zero-order chi connectivity index (χ0) is 11.2. The number of rotatable bonds is 5. The fourth-order valence-corrected chi connectivity index (χ4v) is 2.34. The average molecular weight is 219 g/mol. The normalized spacial score (nSPS) is 14.8. The monoisotopic (exact) mass is 219 g/mol. The van der Waals surface area contributed by atoms with Gasteiger partial charge in [-0.15, -0.1) is 0 Å². The topological polar surface area (TPSA) is 50.1 Å². The van der Waals surface area contributed by atoms with E-state index in [0.29, 0.717) is 6.67 Å². The highest BCUT2D eigenvalue weighted by atomic mass is 15.3. The summed E-state index contributed by atoms with van der Waals surface area (Å²) >= 11 is 0. The van der Waals surface area contributed by atoms with Crippen LogP contribution in [0.5, 0.6) is 0 Å². The highest BCUT2D eigenvalue weighted by molar-refractivity contribution is 5.33. The summed E-state index contributed by atoms with van der Waals surface area (Å²) in [6.07, 6.45) is 6.32. The number of benzene rings is 1. The Bertz CT molecular complexity index is 336. The van der Waals surface area contributed by atoms with E-state index in [4.69, 9.17) is 5.84 Å². The van der Waals surface area contributed by atoms with Crippen LogP contribution in [-0.4, -0.2) is 13.2 Å². The molecule has 0 saturated heterocycles. The first-order valence-corrected chi connectivity index (χ1v) is 6.15. The van der Waals surface area contributed by atoms with Gasteiger partial charge in [-0.2, -0.15) is 0 Å². The van der Waals surface area contributed by atoms with Gasteiger partial charge >= 0.3 is 0 Å². The maximum Gasteiger partial charge on any atom is 0.0587 e. The Morgan fingerprint density at radius 3 is 2.75 bits per heavy atom. The van der Waals surface area contributed by atoms with Gasteiger partial charge in [0.15, 0.2) is 0 Å². The zero-order valence-corrected chi connectivity index (χ0v) is 9.76. The Balaban J connectivity index is 1.90. The SMILES string of the molecule is NNCNCCc1ccc2c(c1)CCCC2. The van der Waals surface area contributed by atoms with Crippen LogP contribution in [0.2, 0.25) is 0 Å². The van der Waals surface area contributed by atoms with Crippen LogP contribution >= 0.6 is 0 Å². The Hall–Kier alpha value is -0.900. The molecule has 16 heavy (non-hydrogen) atoms. The molecular formula is C13H21N3. The first kappa shape index (κ1) is 11.6. The van der Waals surface area contributed by atoms with Crippen LogP contribution in [0, 0.1) is 0 Å². The zero-order valence-electron chi connectivity index (χ0n) is 9.76. The molecule has 0 spiro atoms. The molecule has 0 radical (unpaired) electrons. The number of nitrogens with two attached hydrogens (primary N) is 1. The van der Waals surface area contributed by atoms with E-state index < -0.39 is 0 Å². The number of nitrogens with one attached hydrogen (secondary N) is 2. The van der Waals surface area contributed by atoms with Crippen LogP contribution in [0.3, 0.4) is 0 Å². The van der Waals surface area contributed by atoms with Crippen LogP contribution in [0.15, 0.2) is 18.2 Å². The molecule has 0 amide bonds. The fraction of sp³-hybridized carbons (Fsp3) is 0.538. The summed E-state index contributed by atoms with van der Waals surface area (Å²) in [7, 11) is 0. The average Bonchev–Trinajstić information content (AvgIpc) is 2.34. The van der Waals surface area contributed by atoms with Crippen LogP contribution < -0.4 is 16.6 Å². The quantitative estimate of drug-likeness (QED) is 0.301. The molecule has 2 rings (SSSR count). The highest BCUT2D eigenvalue weighted by Gasteiger charge is 2.08. The van der Waals surface area contributed by atoms with Gasteiger partial charge in [-0.05, 0) is 48.8 Å². The van der Waals surface area contributed by atoms with Crippen LogP contribution in [0.25, 0.3) is 0 Å². The molecule has 0 saturated carbocycles. The van der Waals surface area contributed by atoms with Crippen molar-refractivity contribution in [2.75, 3.05) is 13.2 Å². The van der Waals surface area contributed by atoms with Crippen molar-refractivity contribution in [1.82, 2.24) is 10.7 Å². The molecule has 0 aliphatic heterocycles. The van der Waals surface area contributed by atoms with E-state index in [9.17, 15) is 0 Å². The lowest BCUT2D eigenvalue weighted by atomic mass is 9.90.